The second-order valence-corrected chi connectivity index (χ2v) is 8.06. The van der Waals surface area contributed by atoms with Crippen LogP contribution in [0.1, 0.15) is 29.0 Å². The maximum Gasteiger partial charge on any atom is 0.325 e. The number of nitrogens with zero attached hydrogens (tertiary/aromatic N) is 2. The monoisotopic (exact) mass is 416 g/mol. The summed E-state index contributed by atoms with van der Waals surface area (Å²) in [5, 5.41) is 5.92. The van der Waals surface area contributed by atoms with E-state index in [4.69, 9.17) is 9.47 Å². The molecule has 1 aromatic carbocycles. The minimum Gasteiger partial charge on any atom is -0.454 e. The summed E-state index contributed by atoms with van der Waals surface area (Å²) in [6.45, 7) is 4.10. The van der Waals surface area contributed by atoms with Gasteiger partial charge in [-0.1, -0.05) is 6.07 Å². The maximum atomic E-state index is 12.6. The first kappa shape index (κ1) is 19.2. The molecule has 152 valence electrons. The molecule has 10 heteroatoms. The third kappa shape index (κ3) is 4.02. The van der Waals surface area contributed by atoms with Gasteiger partial charge in [0.25, 0.3) is 5.91 Å². The zero-order chi connectivity index (χ0) is 20.5. The van der Waals surface area contributed by atoms with Gasteiger partial charge in [0.15, 0.2) is 16.6 Å². The lowest BCUT2D eigenvalue weighted by molar-refractivity contribution is -0.128. The number of rotatable bonds is 6. The number of carbonyl (C=O) groups is 3. The number of urea groups is 1. The normalized spacial score (nSPS) is 17.6. The van der Waals surface area contributed by atoms with Gasteiger partial charge in [0, 0.05) is 11.3 Å². The van der Waals surface area contributed by atoms with Crippen molar-refractivity contribution < 1.29 is 23.9 Å². The highest BCUT2D eigenvalue weighted by molar-refractivity contribution is 7.15. The summed E-state index contributed by atoms with van der Waals surface area (Å²) in [5.74, 6) is 0.646. The Hall–Kier alpha value is -3.14. The molecular formula is C19H20N4O5S. The van der Waals surface area contributed by atoms with Crippen molar-refractivity contribution in [2.75, 3.05) is 12.1 Å². The second-order valence-electron chi connectivity index (χ2n) is 6.86. The summed E-state index contributed by atoms with van der Waals surface area (Å²) < 4.78 is 10.6. The number of imide groups is 1. The van der Waals surface area contributed by atoms with Crippen molar-refractivity contribution in [3.63, 3.8) is 0 Å². The van der Waals surface area contributed by atoms with Crippen LogP contribution in [0, 0.1) is 13.8 Å². The van der Waals surface area contributed by atoms with E-state index in [1.807, 2.05) is 13.8 Å². The van der Waals surface area contributed by atoms with E-state index in [2.05, 4.69) is 15.6 Å². The summed E-state index contributed by atoms with van der Waals surface area (Å²) in [6.07, 6.45) is 0.323. The summed E-state index contributed by atoms with van der Waals surface area (Å²) in [6, 6.07) is 4.10. The average molecular weight is 416 g/mol. The van der Waals surface area contributed by atoms with Gasteiger partial charge in [-0.3, -0.25) is 14.5 Å². The Morgan fingerprint density at radius 2 is 2.10 bits per heavy atom. The lowest BCUT2D eigenvalue weighted by Gasteiger charge is -2.13. The van der Waals surface area contributed by atoms with Gasteiger partial charge in [-0.2, -0.15) is 0 Å². The highest BCUT2D eigenvalue weighted by Crippen LogP contribution is 2.33. The first-order valence-corrected chi connectivity index (χ1v) is 9.96. The van der Waals surface area contributed by atoms with E-state index >= 15 is 0 Å². The van der Waals surface area contributed by atoms with E-state index in [-0.39, 0.29) is 38.0 Å². The topological polar surface area (TPSA) is 110 Å². The molecule has 1 fully saturated rings. The number of anilines is 1. The number of amides is 4. The molecule has 0 aliphatic carbocycles. The molecule has 0 radical (unpaired) electrons. The van der Waals surface area contributed by atoms with Crippen molar-refractivity contribution in [3.8, 4) is 11.5 Å². The number of nitrogens with one attached hydrogen (secondary N) is 2. The van der Waals surface area contributed by atoms with E-state index < -0.39 is 12.1 Å². The highest BCUT2D eigenvalue weighted by Gasteiger charge is 2.38. The fourth-order valence-electron chi connectivity index (χ4n) is 3.13. The highest BCUT2D eigenvalue weighted by atomic mass is 32.1. The lowest BCUT2D eigenvalue weighted by atomic mass is 10.1. The Bertz CT molecular complexity index is 969. The fourth-order valence-corrected chi connectivity index (χ4v) is 3.96. The summed E-state index contributed by atoms with van der Waals surface area (Å²) in [5.41, 5.74) is 1.63. The minimum atomic E-state index is -0.720. The van der Waals surface area contributed by atoms with Crippen LogP contribution in [-0.2, 0) is 16.1 Å². The van der Waals surface area contributed by atoms with Crippen LogP contribution in [0.2, 0.25) is 0 Å². The van der Waals surface area contributed by atoms with Gasteiger partial charge in [-0.05, 0) is 38.0 Å². The standard InChI is InChI=1S/C19H20N4O5S/c1-10-11(2)29-18(20-10)22-16(24)6-4-13-17(25)23(19(26)21-13)8-12-3-5-14-15(7-12)28-9-27-14/h3,5,7,13H,4,6,8-9H2,1-2H3,(H,21,26)(H,20,22,24)/t13-/m0/s1. The zero-order valence-corrected chi connectivity index (χ0v) is 16.8. The number of aromatic nitrogens is 1. The average Bonchev–Trinajstić information content (AvgIpc) is 3.34. The zero-order valence-electron chi connectivity index (χ0n) is 16.0. The molecule has 2 aliphatic heterocycles. The molecule has 2 aromatic rings. The number of hydrogen-bond acceptors (Lipinski definition) is 7. The van der Waals surface area contributed by atoms with Gasteiger partial charge in [0.05, 0.1) is 12.2 Å². The predicted molar refractivity (Wildman–Crippen MR) is 105 cm³/mol. The number of aryl methyl sites for hydroxylation is 2. The van der Waals surface area contributed by atoms with Gasteiger partial charge < -0.3 is 20.1 Å². The van der Waals surface area contributed by atoms with Gasteiger partial charge in [0.1, 0.15) is 6.04 Å². The fraction of sp³-hybridized carbons (Fsp3) is 0.368. The van der Waals surface area contributed by atoms with Gasteiger partial charge in [-0.15, -0.1) is 11.3 Å². The maximum absolute atomic E-state index is 12.6. The largest absolute Gasteiger partial charge is 0.454 e. The van der Waals surface area contributed by atoms with Crippen LogP contribution in [0.25, 0.3) is 0 Å². The van der Waals surface area contributed by atoms with Crippen molar-refractivity contribution in [3.05, 3.63) is 34.3 Å². The van der Waals surface area contributed by atoms with E-state index in [1.54, 1.807) is 18.2 Å². The van der Waals surface area contributed by atoms with Crippen LogP contribution in [-0.4, -0.2) is 40.6 Å². The van der Waals surface area contributed by atoms with Crippen LogP contribution in [0.4, 0.5) is 9.93 Å². The summed E-state index contributed by atoms with van der Waals surface area (Å²) in [4.78, 5) is 43.5. The number of carbonyl (C=O) groups excluding carboxylic acids is 3. The Balaban J connectivity index is 1.32. The first-order valence-electron chi connectivity index (χ1n) is 9.15. The van der Waals surface area contributed by atoms with Crippen LogP contribution in [0.15, 0.2) is 18.2 Å². The van der Waals surface area contributed by atoms with Crippen molar-refractivity contribution >= 4 is 34.3 Å². The second kappa shape index (κ2) is 7.70. The van der Waals surface area contributed by atoms with E-state index in [1.165, 1.54) is 11.3 Å². The molecule has 2 N–H and O–H groups in total. The SMILES string of the molecule is Cc1nc(NC(=O)CC[C@@H]2NC(=O)N(Cc3ccc4c(c3)OCO4)C2=O)sc1C. The number of thiazole rings is 1. The molecule has 4 amide bonds. The Morgan fingerprint density at radius 3 is 2.86 bits per heavy atom. The lowest BCUT2D eigenvalue weighted by Crippen LogP contribution is -2.31. The first-order chi connectivity index (χ1) is 13.9. The summed E-state index contributed by atoms with van der Waals surface area (Å²) >= 11 is 1.40. The van der Waals surface area contributed by atoms with Crippen molar-refractivity contribution in [1.29, 1.82) is 0 Å². The van der Waals surface area contributed by atoms with Crippen LogP contribution in [0.3, 0.4) is 0 Å². The molecule has 3 heterocycles. The molecule has 29 heavy (non-hydrogen) atoms. The number of fused-ring (bicyclic) bond motifs is 1. The molecule has 4 rings (SSSR count). The quantitative estimate of drug-likeness (QED) is 0.700. The molecular weight excluding hydrogens is 396 g/mol. The third-order valence-electron chi connectivity index (χ3n) is 4.82. The van der Waals surface area contributed by atoms with E-state index in [0.717, 1.165) is 21.0 Å². The molecule has 9 nitrogen and oxygen atoms in total. The molecule has 0 unspecified atom stereocenters. The van der Waals surface area contributed by atoms with Crippen LogP contribution < -0.4 is 20.1 Å². The smallest absolute Gasteiger partial charge is 0.325 e. The van der Waals surface area contributed by atoms with Gasteiger partial charge >= 0.3 is 6.03 Å². The molecule has 1 aromatic heterocycles. The molecule has 0 bridgehead atoms. The Morgan fingerprint density at radius 1 is 1.31 bits per heavy atom. The minimum absolute atomic E-state index is 0.103. The summed E-state index contributed by atoms with van der Waals surface area (Å²) in [7, 11) is 0. The molecule has 2 aliphatic rings. The molecule has 0 saturated carbocycles. The van der Waals surface area contributed by atoms with Crippen molar-refractivity contribution in [1.82, 2.24) is 15.2 Å². The van der Waals surface area contributed by atoms with Gasteiger partial charge in [0.2, 0.25) is 12.7 Å². The number of hydrogen-bond donors (Lipinski definition) is 2. The number of benzene rings is 1. The van der Waals surface area contributed by atoms with Crippen molar-refractivity contribution in [2.45, 2.75) is 39.3 Å². The number of ether oxygens (including phenoxy) is 2. The predicted octanol–water partition coefficient (Wildman–Crippen LogP) is 2.33. The van der Waals surface area contributed by atoms with Gasteiger partial charge in [-0.25, -0.2) is 9.78 Å². The van der Waals surface area contributed by atoms with Crippen LogP contribution in [0.5, 0.6) is 11.5 Å². The molecule has 1 atom stereocenters. The Kier molecular flexibility index (Phi) is 5.10. The molecule has 1 saturated heterocycles. The van der Waals surface area contributed by atoms with E-state index in [0.29, 0.717) is 16.6 Å². The Labute approximate surface area is 171 Å². The third-order valence-corrected chi connectivity index (χ3v) is 5.81. The molecule has 0 spiro atoms. The van der Waals surface area contributed by atoms with Crippen molar-refractivity contribution in [2.24, 2.45) is 0 Å². The van der Waals surface area contributed by atoms with Crippen LogP contribution >= 0.6 is 11.3 Å². The van der Waals surface area contributed by atoms with E-state index in [9.17, 15) is 14.4 Å².